The highest BCUT2D eigenvalue weighted by atomic mass is 35.5. The highest BCUT2D eigenvalue weighted by molar-refractivity contribution is 6.30. The van der Waals surface area contributed by atoms with Gasteiger partial charge in [0.2, 0.25) is 0 Å². The maximum absolute atomic E-state index is 12.7. The van der Waals surface area contributed by atoms with Crippen molar-refractivity contribution in [3.05, 3.63) is 53.6 Å². The minimum atomic E-state index is -1.05. The van der Waals surface area contributed by atoms with Crippen LogP contribution in [0.15, 0.2) is 48.5 Å². The van der Waals surface area contributed by atoms with Gasteiger partial charge in [0, 0.05) is 23.4 Å². The van der Waals surface area contributed by atoms with Gasteiger partial charge in [0.05, 0.1) is 6.10 Å². The molecule has 1 heterocycles. The minimum absolute atomic E-state index is 0.148. The Morgan fingerprint density at radius 2 is 2.00 bits per heavy atom. The topological polar surface area (TPSA) is 56.8 Å². The average Bonchev–Trinajstić information content (AvgIpc) is 3.16. The van der Waals surface area contributed by atoms with Crippen LogP contribution in [-0.2, 0) is 9.53 Å². The SMILES string of the molecule is CC(C)(Oc1ccc(Cl)cc1)C(=O)Nc1cccc(OCC2CCCO2)c1. The van der Waals surface area contributed by atoms with Gasteiger partial charge in [-0.3, -0.25) is 4.79 Å². The molecule has 1 saturated heterocycles. The smallest absolute Gasteiger partial charge is 0.267 e. The summed E-state index contributed by atoms with van der Waals surface area (Å²) >= 11 is 5.88. The number of hydrogen-bond donors (Lipinski definition) is 1. The van der Waals surface area contributed by atoms with Crippen molar-refractivity contribution >= 4 is 23.2 Å². The van der Waals surface area contributed by atoms with E-state index in [1.807, 2.05) is 18.2 Å². The number of ether oxygens (including phenoxy) is 3. The second-order valence-corrected chi connectivity index (χ2v) is 7.43. The van der Waals surface area contributed by atoms with Crippen molar-refractivity contribution in [2.45, 2.75) is 38.4 Å². The Balaban J connectivity index is 1.58. The fourth-order valence-electron chi connectivity index (χ4n) is 2.75. The molecule has 0 spiro atoms. The molecule has 1 N–H and O–H groups in total. The summed E-state index contributed by atoms with van der Waals surface area (Å²) in [5.41, 5.74) is -0.403. The van der Waals surface area contributed by atoms with Crippen LogP contribution in [0.3, 0.4) is 0 Å². The molecule has 1 amide bonds. The Morgan fingerprint density at radius 3 is 2.70 bits per heavy atom. The zero-order valence-electron chi connectivity index (χ0n) is 15.5. The normalized spacial score (nSPS) is 16.8. The van der Waals surface area contributed by atoms with Crippen LogP contribution in [0.5, 0.6) is 11.5 Å². The first-order chi connectivity index (χ1) is 12.9. The summed E-state index contributed by atoms with van der Waals surface area (Å²) in [7, 11) is 0. The maximum Gasteiger partial charge on any atom is 0.267 e. The van der Waals surface area contributed by atoms with Crippen LogP contribution in [0.2, 0.25) is 5.02 Å². The van der Waals surface area contributed by atoms with E-state index < -0.39 is 5.60 Å². The van der Waals surface area contributed by atoms with Crippen molar-refractivity contribution in [3.8, 4) is 11.5 Å². The molecule has 0 radical (unpaired) electrons. The molecule has 144 valence electrons. The zero-order chi connectivity index (χ0) is 19.3. The fraction of sp³-hybridized carbons (Fsp3) is 0.381. The van der Waals surface area contributed by atoms with Crippen LogP contribution in [0.4, 0.5) is 5.69 Å². The lowest BCUT2D eigenvalue weighted by molar-refractivity contribution is -0.128. The van der Waals surface area contributed by atoms with Gasteiger partial charge in [0.1, 0.15) is 18.1 Å². The summed E-state index contributed by atoms with van der Waals surface area (Å²) in [6.45, 7) is 4.75. The van der Waals surface area contributed by atoms with Gasteiger partial charge in [-0.25, -0.2) is 0 Å². The summed E-state index contributed by atoms with van der Waals surface area (Å²) < 4.78 is 17.2. The van der Waals surface area contributed by atoms with Gasteiger partial charge < -0.3 is 19.5 Å². The minimum Gasteiger partial charge on any atom is -0.491 e. The molecular weight excluding hydrogens is 366 g/mol. The van der Waals surface area contributed by atoms with Gasteiger partial charge in [0.15, 0.2) is 5.60 Å². The van der Waals surface area contributed by atoms with Crippen molar-refractivity contribution in [1.29, 1.82) is 0 Å². The molecule has 0 saturated carbocycles. The second kappa shape index (κ2) is 8.63. The van der Waals surface area contributed by atoms with Gasteiger partial charge in [-0.2, -0.15) is 0 Å². The van der Waals surface area contributed by atoms with E-state index in [1.165, 1.54) is 0 Å². The molecule has 3 rings (SSSR count). The molecule has 5 nitrogen and oxygen atoms in total. The van der Waals surface area contributed by atoms with E-state index in [9.17, 15) is 4.79 Å². The third kappa shape index (κ3) is 5.62. The molecule has 1 unspecified atom stereocenters. The second-order valence-electron chi connectivity index (χ2n) is 6.99. The predicted octanol–water partition coefficient (Wildman–Crippen LogP) is 4.69. The van der Waals surface area contributed by atoms with Crippen LogP contribution in [0, 0.1) is 0 Å². The van der Waals surface area contributed by atoms with Crippen LogP contribution in [-0.4, -0.2) is 30.8 Å². The van der Waals surface area contributed by atoms with Crippen LogP contribution in [0.1, 0.15) is 26.7 Å². The summed E-state index contributed by atoms with van der Waals surface area (Å²) in [4.78, 5) is 12.7. The number of halogens is 1. The van der Waals surface area contributed by atoms with Crippen LogP contribution < -0.4 is 14.8 Å². The Morgan fingerprint density at radius 1 is 1.22 bits per heavy atom. The van der Waals surface area contributed by atoms with E-state index in [2.05, 4.69) is 5.32 Å². The molecule has 2 aromatic rings. The molecule has 0 bridgehead atoms. The molecule has 1 fully saturated rings. The van der Waals surface area contributed by atoms with Gasteiger partial charge in [-0.15, -0.1) is 0 Å². The van der Waals surface area contributed by atoms with Crippen molar-refractivity contribution in [3.63, 3.8) is 0 Å². The molecule has 0 aliphatic carbocycles. The summed E-state index contributed by atoms with van der Waals surface area (Å²) in [6.07, 6.45) is 2.24. The van der Waals surface area contributed by atoms with Crippen LogP contribution >= 0.6 is 11.6 Å². The van der Waals surface area contributed by atoms with E-state index >= 15 is 0 Å². The number of hydrogen-bond acceptors (Lipinski definition) is 4. The van der Waals surface area contributed by atoms with Gasteiger partial charge >= 0.3 is 0 Å². The molecule has 1 aliphatic rings. The van der Waals surface area contributed by atoms with Gasteiger partial charge in [-0.05, 0) is 63.1 Å². The van der Waals surface area contributed by atoms with Gasteiger partial charge in [-0.1, -0.05) is 17.7 Å². The number of rotatable bonds is 7. The number of anilines is 1. The summed E-state index contributed by atoms with van der Waals surface area (Å²) in [5, 5.41) is 3.50. The van der Waals surface area contributed by atoms with Crippen molar-refractivity contribution < 1.29 is 19.0 Å². The molecule has 2 aromatic carbocycles. The number of amides is 1. The Kier molecular flexibility index (Phi) is 6.24. The third-order valence-corrected chi connectivity index (χ3v) is 4.54. The van der Waals surface area contributed by atoms with Crippen molar-refractivity contribution in [2.24, 2.45) is 0 Å². The monoisotopic (exact) mass is 389 g/mol. The number of carbonyl (C=O) groups excluding carboxylic acids is 1. The lowest BCUT2D eigenvalue weighted by Gasteiger charge is -2.25. The lowest BCUT2D eigenvalue weighted by atomic mass is 10.1. The first-order valence-electron chi connectivity index (χ1n) is 9.03. The van der Waals surface area contributed by atoms with E-state index in [4.69, 9.17) is 25.8 Å². The molecule has 1 aliphatic heterocycles. The molecule has 27 heavy (non-hydrogen) atoms. The largest absolute Gasteiger partial charge is 0.491 e. The summed E-state index contributed by atoms with van der Waals surface area (Å²) in [5.74, 6) is 1.02. The Labute approximate surface area is 164 Å². The Hall–Kier alpha value is -2.24. The van der Waals surface area contributed by atoms with Gasteiger partial charge in [0.25, 0.3) is 5.91 Å². The van der Waals surface area contributed by atoms with Crippen molar-refractivity contribution in [2.75, 3.05) is 18.5 Å². The molecule has 1 atom stereocenters. The quantitative estimate of drug-likeness (QED) is 0.746. The highest BCUT2D eigenvalue weighted by Gasteiger charge is 2.30. The Bertz CT molecular complexity index is 770. The van der Waals surface area contributed by atoms with E-state index in [1.54, 1.807) is 44.2 Å². The highest BCUT2D eigenvalue weighted by Crippen LogP contribution is 2.24. The first-order valence-corrected chi connectivity index (χ1v) is 9.41. The first kappa shape index (κ1) is 19.5. The lowest BCUT2D eigenvalue weighted by Crippen LogP contribution is -2.42. The zero-order valence-corrected chi connectivity index (χ0v) is 16.3. The average molecular weight is 390 g/mol. The number of carbonyl (C=O) groups is 1. The number of nitrogens with one attached hydrogen (secondary N) is 1. The molecular formula is C21H24ClNO4. The van der Waals surface area contributed by atoms with E-state index in [0.717, 1.165) is 19.4 Å². The molecule has 6 heteroatoms. The van der Waals surface area contributed by atoms with E-state index in [0.29, 0.717) is 28.8 Å². The van der Waals surface area contributed by atoms with E-state index in [-0.39, 0.29) is 12.0 Å². The number of benzene rings is 2. The fourth-order valence-corrected chi connectivity index (χ4v) is 2.88. The van der Waals surface area contributed by atoms with Crippen molar-refractivity contribution in [1.82, 2.24) is 0 Å². The molecule has 0 aromatic heterocycles. The standard InChI is InChI=1S/C21H24ClNO4/c1-21(2,27-17-10-8-15(22)9-11-17)20(24)23-16-5-3-6-18(13-16)26-14-19-7-4-12-25-19/h3,5-6,8-11,13,19H,4,7,12,14H2,1-2H3,(H,23,24). The predicted molar refractivity (Wildman–Crippen MR) is 106 cm³/mol. The maximum atomic E-state index is 12.7. The van der Waals surface area contributed by atoms with Crippen LogP contribution in [0.25, 0.3) is 0 Å². The third-order valence-electron chi connectivity index (χ3n) is 4.29. The summed E-state index contributed by atoms with van der Waals surface area (Å²) in [6, 6.07) is 14.2.